The number of halogens is 2. The molecule has 0 aromatic heterocycles. The van der Waals surface area contributed by atoms with Gasteiger partial charge in [-0.3, -0.25) is 4.79 Å². The topological polar surface area (TPSA) is 56.8 Å². The molecule has 2 aromatic rings. The van der Waals surface area contributed by atoms with Gasteiger partial charge in [0.15, 0.2) is 11.5 Å². The van der Waals surface area contributed by atoms with Crippen LogP contribution < -0.4 is 19.5 Å². The van der Waals surface area contributed by atoms with E-state index in [-0.39, 0.29) is 5.02 Å². The van der Waals surface area contributed by atoms with Crippen molar-refractivity contribution >= 4 is 29.3 Å². The fourth-order valence-electron chi connectivity index (χ4n) is 2.18. The minimum atomic E-state index is -0.551. The Morgan fingerprint density at radius 1 is 1.08 bits per heavy atom. The van der Waals surface area contributed by atoms with Crippen LogP contribution >= 0.6 is 11.6 Å². The van der Waals surface area contributed by atoms with Crippen LogP contribution in [0.4, 0.5) is 10.1 Å². The zero-order chi connectivity index (χ0) is 18.4. The maximum Gasteiger partial charge on any atom is 0.248 e. The number of carbonyl (C=O) groups is 1. The second-order valence-electron chi connectivity index (χ2n) is 4.88. The van der Waals surface area contributed by atoms with Crippen molar-refractivity contribution in [2.75, 3.05) is 26.6 Å². The largest absolute Gasteiger partial charge is 0.493 e. The van der Waals surface area contributed by atoms with Gasteiger partial charge in [-0.15, -0.1) is 0 Å². The average Bonchev–Trinajstić information content (AvgIpc) is 2.61. The van der Waals surface area contributed by atoms with Crippen LogP contribution in [0.2, 0.25) is 5.02 Å². The summed E-state index contributed by atoms with van der Waals surface area (Å²) in [5, 5.41) is 2.53. The first-order valence-electron chi connectivity index (χ1n) is 7.23. The summed E-state index contributed by atoms with van der Waals surface area (Å²) in [7, 11) is 4.52. The molecule has 0 heterocycles. The zero-order valence-electron chi connectivity index (χ0n) is 13.9. The Hall–Kier alpha value is -2.73. The van der Waals surface area contributed by atoms with Gasteiger partial charge in [0.05, 0.1) is 26.4 Å². The van der Waals surface area contributed by atoms with Gasteiger partial charge in [-0.1, -0.05) is 11.6 Å². The third-order valence-electron chi connectivity index (χ3n) is 3.34. The van der Waals surface area contributed by atoms with Gasteiger partial charge >= 0.3 is 0 Å². The van der Waals surface area contributed by atoms with E-state index >= 15 is 0 Å². The molecule has 1 amide bonds. The first-order valence-corrected chi connectivity index (χ1v) is 7.61. The molecule has 5 nitrogen and oxygen atoms in total. The van der Waals surface area contributed by atoms with E-state index in [2.05, 4.69) is 5.32 Å². The van der Waals surface area contributed by atoms with E-state index in [1.807, 2.05) is 0 Å². The molecule has 2 rings (SSSR count). The first kappa shape index (κ1) is 18.6. The Morgan fingerprint density at radius 2 is 1.80 bits per heavy atom. The maximum atomic E-state index is 13.1. The van der Waals surface area contributed by atoms with Crippen molar-refractivity contribution < 1.29 is 23.4 Å². The van der Waals surface area contributed by atoms with E-state index in [9.17, 15) is 9.18 Å². The molecule has 0 unspecified atom stereocenters. The second-order valence-corrected chi connectivity index (χ2v) is 5.28. The van der Waals surface area contributed by atoms with E-state index in [0.29, 0.717) is 28.5 Å². The van der Waals surface area contributed by atoms with E-state index in [1.165, 1.54) is 45.6 Å². The van der Waals surface area contributed by atoms with E-state index in [4.69, 9.17) is 25.8 Å². The number of hydrogen-bond donors (Lipinski definition) is 1. The normalized spacial score (nSPS) is 10.6. The second kappa shape index (κ2) is 8.39. The van der Waals surface area contributed by atoms with Crippen LogP contribution in [-0.4, -0.2) is 27.2 Å². The molecule has 0 fully saturated rings. The summed E-state index contributed by atoms with van der Waals surface area (Å²) in [5.41, 5.74) is 1.02. The van der Waals surface area contributed by atoms with Gasteiger partial charge < -0.3 is 19.5 Å². The summed E-state index contributed by atoms with van der Waals surface area (Å²) in [6, 6.07) is 7.37. The fraction of sp³-hybridized carbons (Fsp3) is 0.167. The minimum Gasteiger partial charge on any atom is -0.493 e. The van der Waals surface area contributed by atoms with Gasteiger partial charge in [0.1, 0.15) is 5.82 Å². The molecule has 0 radical (unpaired) electrons. The van der Waals surface area contributed by atoms with Crippen molar-refractivity contribution in [3.8, 4) is 17.2 Å². The van der Waals surface area contributed by atoms with Crippen molar-refractivity contribution in [3.05, 3.63) is 52.8 Å². The van der Waals surface area contributed by atoms with E-state index in [1.54, 1.807) is 18.2 Å². The lowest BCUT2D eigenvalue weighted by molar-refractivity contribution is -0.111. The molecule has 1 N–H and O–H groups in total. The molecule has 0 spiro atoms. The molecule has 7 heteroatoms. The number of nitrogens with one attached hydrogen (secondary N) is 1. The number of anilines is 1. The summed E-state index contributed by atoms with van der Waals surface area (Å²) >= 11 is 5.69. The Bertz CT molecular complexity index is 808. The zero-order valence-corrected chi connectivity index (χ0v) is 14.7. The number of amides is 1. The molecular weight excluding hydrogens is 349 g/mol. The molecule has 25 heavy (non-hydrogen) atoms. The van der Waals surface area contributed by atoms with Crippen LogP contribution in [-0.2, 0) is 4.79 Å². The van der Waals surface area contributed by atoms with Crippen molar-refractivity contribution in [1.82, 2.24) is 0 Å². The van der Waals surface area contributed by atoms with Crippen molar-refractivity contribution in [2.24, 2.45) is 0 Å². The Kier molecular flexibility index (Phi) is 6.25. The number of benzene rings is 2. The predicted octanol–water partition coefficient (Wildman–Crippen LogP) is 4.16. The maximum absolute atomic E-state index is 13.1. The molecule has 0 saturated carbocycles. The SMILES string of the molecule is COc1ccc(C=CC(=O)Nc2ccc(F)c(Cl)c2)c(OC)c1OC. The molecule has 0 bridgehead atoms. The molecule has 0 aliphatic carbocycles. The lowest BCUT2D eigenvalue weighted by Gasteiger charge is -2.14. The van der Waals surface area contributed by atoms with Crippen LogP contribution in [0.25, 0.3) is 6.08 Å². The summed E-state index contributed by atoms with van der Waals surface area (Å²) in [6.45, 7) is 0. The van der Waals surface area contributed by atoms with Crippen molar-refractivity contribution in [2.45, 2.75) is 0 Å². The van der Waals surface area contributed by atoms with Gasteiger partial charge in [0, 0.05) is 17.3 Å². The first-order chi connectivity index (χ1) is 12.0. The minimum absolute atomic E-state index is 0.0664. The summed E-state index contributed by atoms with van der Waals surface area (Å²) in [5.74, 6) is 0.431. The van der Waals surface area contributed by atoms with Gasteiger partial charge in [-0.2, -0.15) is 0 Å². The molecule has 0 aliphatic heterocycles. The van der Waals surface area contributed by atoms with Crippen LogP contribution in [0.1, 0.15) is 5.56 Å². The lowest BCUT2D eigenvalue weighted by atomic mass is 10.1. The summed E-state index contributed by atoms with van der Waals surface area (Å²) in [4.78, 5) is 12.0. The molecule has 0 aliphatic rings. The highest BCUT2D eigenvalue weighted by atomic mass is 35.5. The third-order valence-corrected chi connectivity index (χ3v) is 3.63. The average molecular weight is 366 g/mol. The van der Waals surface area contributed by atoms with Crippen LogP contribution in [0.5, 0.6) is 17.2 Å². The highest BCUT2D eigenvalue weighted by Gasteiger charge is 2.14. The van der Waals surface area contributed by atoms with Gasteiger partial charge in [-0.25, -0.2) is 4.39 Å². The predicted molar refractivity (Wildman–Crippen MR) is 95.2 cm³/mol. The summed E-state index contributed by atoms with van der Waals surface area (Å²) < 4.78 is 29.0. The third kappa shape index (κ3) is 4.42. The standard InChI is InChI=1S/C18H17ClFNO4/c1-23-15-8-4-11(17(24-2)18(15)25-3)5-9-16(22)21-12-6-7-14(20)13(19)10-12/h4-10H,1-3H3,(H,21,22). The number of methoxy groups -OCH3 is 3. The summed E-state index contributed by atoms with van der Waals surface area (Å²) in [6.07, 6.45) is 2.89. The number of carbonyl (C=O) groups excluding carboxylic acids is 1. The van der Waals surface area contributed by atoms with Gasteiger partial charge in [0.25, 0.3) is 0 Å². The molecule has 2 aromatic carbocycles. The van der Waals surface area contributed by atoms with Crippen LogP contribution in [0, 0.1) is 5.82 Å². The van der Waals surface area contributed by atoms with E-state index in [0.717, 1.165) is 0 Å². The number of hydrogen-bond acceptors (Lipinski definition) is 4. The van der Waals surface area contributed by atoms with E-state index < -0.39 is 11.7 Å². The molecule has 0 atom stereocenters. The molecule has 0 saturated heterocycles. The van der Waals surface area contributed by atoms with Gasteiger partial charge in [0.2, 0.25) is 11.7 Å². The number of rotatable bonds is 6. The smallest absolute Gasteiger partial charge is 0.248 e. The Balaban J connectivity index is 2.20. The Labute approximate surface area is 150 Å². The quantitative estimate of drug-likeness (QED) is 0.781. The highest BCUT2D eigenvalue weighted by Crippen LogP contribution is 2.40. The molecular formula is C18H17ClFNO4. The monoisotopic (exact) mass is 365 g/mol. The molecule has 132 valence electrons. The fourth-order valence-corrected chi connectivity index (χ4v) is 2.36. The highest BCUT2D eigenvalue weighted by molar-refractivity contribution is 6.31. The Morgan fingerprint density at radius 3 is 2.40 bits per heavy atom. The van der Waals surface area contributed by atoms with Crippen LogP contribution in [0.15, 0.2) is 36.4 Å². The van der Waals surface area contributed by atoms with Gasteiger partial charge in [-0.05, 0) is 36.4 Å². The van der Waals surface area contributed by atoms with Crippen molar-refractivity contribution in [1.29, 1.82) is 0 Å². The van der Waals surface area contributed by atoms with Crippen molar-refractivity contribution in [3.63, 3.8) is 0 Å². The van der Waals surface area contributed by atoms with Crippen LogP contribution in [0.3, 0.4) is 0 Å². The number of ether oxygens (including phenoxy) is 3. The lowest BCUT2D eigenvalue weighted by Crippen LogP contribution is -2.07.